The van der Waals surface area contributed by atoms with Gasteiger partial charge in [0, 0.05) is 24.8 Å². The number of hydrogen-bond acceptors (Lipinski definition) is 6. The Labute approximate surface area is 164 Å². The molecule has 1 unspecified atom stereocenters. The van der Waals surface area contributed by atoms with Crippen molar-refractivity contribution in [2.45, 2.75) is 19.8 Å². The molecule has 3 aromatic heterocycles. The van der Waals surface area contributed by atoms with Gasteiger partial charge in [0.25, 0.3) is 0 Å². The number of hydrogen-bond donors (Lipinski definition) is 0. The van der Waals surface area contributed by atoms with Gasteiger partial charge in [0.05, 0.1) is 35.3 Å². The van der Waals surface area contributed by atoms with Crippen molar-refractivity contribution in [1.82, 2.24) is 20.1 Å². The number of rotatable bonds is 4. The van der Waals surface area contributed by atoms with Crippen molar-refractivity contribution in [1.29, 1.82) is 5.26 Å². The average Bonchev–Trinajstić information content (AvgIpc) is 3.24. The maximum atomic E-state index is 9.14. The van der Waals surface area contributed by atoms with E-state index in [0.717, 1.165) is 22.5 Å². The molecule has 1 aromatic carbocycles. The van der Waals surface area contributed by atoms with E-state index in [2.05, 4.69) is 21.2 Å². The van der Waals surface area contributed by atoms with Crippen molar-refractivity contribution in [3.05, 3.63) is 72.3 Å². The van der Waals surface area contributed by atoms with Gasteiger partial charge in [-0.1, -0.05) is 35.5 Å². The second kappa shape index (κ2) is 7.41. The van der Waals surface area contributed by atoms with Crippen LogP contribution in [0, 0.1) is 18.3 Å². The molecule has 6 heteroatoms. The fraction of sp³-hybridized carbons (Fsp3) is 0.136. The second-order valence-corrected chi connectivity index (χ2v) is 6.45. The van der Waals surface area contributed by atoms with E-state index < -0.39 is 0 Å². The highest BCUT2D eigenvalue weighted by molar-refractivity contribution is 5.68. The minimum atomic E-state index is -0.291. The van der Waals surface area contributed by atoms with Gasteiger partial charge in [0.2, 0.25) is 0 Å². The molecule has 0 aliphatic rings. The Bertz CT molecular complexity index is 1170. The fourth-order valence-corrected chi connectivity index (χ4v) is 2.86. The van der Waals surface area contributed by atoms with E-state index in [1.165, 1.54) is 0 Å². The molecule has 0 N–H and O–H groups in total. The van der Waals surface area contributed by atoms with Crippen LogP contribution < -0.4 is 0 Å². The van der Waals surface area contributed by atoms with Crippen LogP contribution in [0.15, 0.2) is 65.4 Å². The van der Waals surface area contributed by atoms with Gasteiger partial charge in [-0.15, -0.1) is 0 Å². The topological polar surface area (TPSA) is 88.5 Å². The smallest absolute Gasteiger partial charge is 0.187 e. The Hall–Kier alpha value is -3.85. The molecular formula is C22H19N5O. The molecule has 6 nitrogen and oxygen atoms in total. The molecule has 138 valence electrons. The maximum absolute atomic E-state index is 9.14. The molecule has 0 saturated heterocycles. The molecule has 28 heavy (non-hydrogen) atoms. The Morgan fingerprint density at radius 1 is 1.04 bits per heavy atom. The second-order valence-electron chi connectivity index (χ2n) is 6.45. The average molecular weight is 369 g/mol. The summed E-state index contributed by atoms with van der Waals surface area (Å²) in [4.78, 5) is 13.5. The third kappa shape index (κ3) is 3.38. The molecule has 0 radical (unpaired) electrons. The summed E-state index contributed by atoms with van der Waals surface area (Å²) in [7, 11) is 0. The van der Waals surface area contributed by atoms with Gasteiger partial charge in [0.1, 0.15) is 11.4 Å². The maximum Gasteiger partial charge on any atom is 0.187 e. The zero-order valence-electron chi connectivity index (χ0n) is 15.5. The van der Waals surface area contributed by atoms with Crippen LogP contribution >= 0.6 is 0 Å². The summed E-state index contributed by atoms with van der Waals surface area (Å²) in [6, 6.07) is 17.6. The molecule has 4 rings (SSSR count). The lowest BCUT2D eigenvalue weighted by Crippen LogP contribution is -1.97. The molecule has 4 aromatic rings. The summed E-state index contributed by atoms with van der Waals surface area (Å²) < 4.78 is 5.55. The third-order valence-corrected chi connectivity index (χ3v) is 4.48. The van der Waals surface area contributed by atoms with Crippen molar-refractivity contribution < 1.29 is 5.95 Å². The fourth-order valence-electron chi connectivity index (χ4n) is 2.86. The third-order valence-electron chi connectivity index (χ3n) is 4.48. The summed E-state index contributed by atoms with van der Waals surface area (Å²) in [5.74, 6) is 0.269. The van der Waals surface area contributed by atoms with E-state index in [4.69, 9.17) is 14.8 Å². The monoisotopic (exact) mass is 369 g/mol. The molecule has 0 aliphatic heterocycles. The predicted octanol–water partition coefficient (Wildman–Crippen LogP) is 5.04. The zero-order chi connectivity index (χ0) is 19.5. The Morgan fingerprint density at radius 2 is 1.86 bits per heavy atom. The quantitative estimate of drug-likeness (QED) is 0.500. The van der Waals surface area contributed by atoms with E-state index >= 15 is 0 Å². The van der Waals surface area contributed by atoms with Crippen molar-refractivity contribution in [3.63, 3.8) is 0 Å². The minimum Gasteiger partial charge on any atom is -0.354 e. The van der Waals surface area contributed by atoms with E-state index in [9.17, 15) is 0 Å². The highest BCUT2D eigenvalue weighted by atomic mass is 16.5. The molecule has 1 atom stereocenters. The van der Waals surface area contributed by atoms with Crippen LogP contribution in [-0.4, -0.2) is 20.1 Å². The van der Waals surface area contributed by atoms with Gasteiger partial charge < -0.3 is 4.52 Å². The Balaban J connectivity index is 0.00000240. The molecule has 0 bridgehead atoms. The summed E-state index contributed by atoms with van der Waals surface area (Å²) >= 11 is 0. The van der Waals surface area contributed by atoms with Crippen molar-refractivity contribution in [2.75, 3.05) is 0 Å². The van der Waals surface area contributed by atoms with Crippen LogP contribution in [0.3, 0.4) is 0 Å². The first-order valence-corrected chi connectivity index (χ1v) is 8.88. The van der Waals surface area contributed by atoms with Gasteiger partial charge in [0.15, 0.2) is 5.76 Å². The lowest BCUT2D eigenvalue weighted by Gasteiger charge is -2.07. The SMILES string of the molecule is Cc1ncc(-c2ccnc(C(C)C#N)c2)nc1-c1cc(-c2ccccc2)no1.[HH]. The lowest BCUT2D eigenvalue weighted by atomic mass is 10.1. The van der Waals surface area contributed by atoms with E-state index in [1.54, 1.807) is 12.4 Å². The summed E-state index contributed by atoms with van der Waals surface area (Å²) in [5, 5.41) is 13.3. The first-order chi connectivity index (χ1) is 13.7. The van der Waals surface area contributed by atoms with E-state index in [1.807, 2.05) is 62.4 Å². The van der Waals surface area contributed by atoms with Crippen LogP contribution in [0.2, 0.25) is 0 Å². The van der Waals surface area contributed by atoms with Crippen molar-refractivity contribution in [3.8, 4) is 40.0 Å². The number of nitriles is 1. The number of aromatic nitrogens is 4. The highest BCUT2D eigenvalue weighted by Gasteiger charge is 2.15. The van der Waals surface area contributed by atoms with Gasteiger partial charge in [-0.3, -0.25) is 9.97 Å². The van der Waals surface area contributed by atoms with E-state index in [0.29, 0.717) is 22.8 Å². The summed E-state index contributed by atoms with van der Waals surface area (Å²) in [6.45, 7) is 3.70. The lowest BCUT2D eigenvalue weighted by molar-refractivity contribution is 0.433. The van der Waals surface area contributed by atoms with Crippen LogP contribution in [0.4, 0.5) is 0 Å². The van der Waals surface area contributed by atoms with Gasteiger partial charge in [-0.2, -0.15) is 5.26 Å². The Kier molecular flexibility index (Phi) is 4.65. The molecule has 3 heterocycles. The van der Waals surface area contributed by atoms with E-state index in [-0.39, 0.29) is 7.34 Å². The van der Waals surface area contributed by atoms with Crippen LogP contribution in [-0.2, 0) is 0 Å². The minimum absolute atomic E-state index is 0. The molecule has 0 amide bonds. The molecule has 0 saturated carbocycles. The number of pyridine rings is 1. The number of nitrogens with zero attached hydrogens (tertiary/aromatic N) is 5. The molecular weight excluding hydrogens is 350 g/mol. The predicted molar refractivity (Wildman–Crippen MR) is 107 cm³/mol. The standard InChI is InChI=1S/C22H17N5O.H2/c1-14(12-23)18-10-17(8-9-24-18)20-13-25-15(2)22(26-20)21-11-19(27-28-21)16-6-4-3-5-7-16;/h3-11,13-14H,1-2H3;1H. The largest absolute Gasteiger partial charge is 0.354 e. The first-order valence-electron chi connectivity index (χ1n) is 8.88. The summed E-state index contributed by atoms with van der Waals surface area (Å²) in [5.41, 5.74) is 5.35. The highest BCUT2D eigenvalue weighted by Crippen LogP contribution is 2.28. The van der Waals surface area contributed by atoms with Crippen LogP contribution in [0.5, 0.6) is 0 Å². The van der Waals surface area contributed by atoms with Crippen LogP contribution in [0.25, 0.3) is 34.0 Å². The number of benzene rings is 1. The first kappa shape index (κ1) is 17.6. The molecule has 0 aliphatic carbocycles. The Morgan fingerprint density at radius 3 is 2.64 bits per heavy atom. The van der Waals surface area contributed by atoms with Crippen LogP contribution in [0.1, 0.15) is 25.7 Å². The van der Waals surface area contributed by atoms with Crippen molar-refractivity contribution in [2.24, 2.45) is 0 Å². The van der Waals surface area contributed by atoms with Gasteiger partial charge in [-0.05, 0) is 26.0 Å². The zero-order valence-corrected chi connectivity index (χ0v) is 15.5. The summed E-state index contributed by atoms with van der Waals surface area (Å²) in [6.07, 6.45) is 3.39. The molecule has 0 spiro atoms. The van der Waals surface area contributed by atoms with Gasteiger partial charge in [-0.25, -0.2) is 4.98 Å². The normalized spacial score (nSPS) is 11.8. The number of aryl methyl sites for hydroxylation is 1. The molecule has 0 fully saturated rings. The van der Waals surface area contributed by atoms with Gasteiger partial charge >= 0.3 is 0 Å². The van der Waals surface area contributed by atoms with Crippen molar-refractivity contribution >= 4 is 0 Å².